The molecule has 0 bridgehead atoms. The third-order valence-electron chi connectivity index (χ3n) is 7.05. The average Bonchev–Trinajstić information content (AvgIpc) is 3.13. The summed E-state index contributed by atoms with van der Waals surface area (Å²) in [5.41, 5.74) is -0.158. The maximum absolute atomic E-state index is 12.7. The number of hydrogen-bond acceptors (Lipinski definition) is 6. The number of ether oxygens (including phenoxy) is 3. The maximum Gasteiger partial charge on any atom is 0.305 e. The van der Waals surface area contributed by atoms with Crippen LogP contribution in [0.5, 0.6) is 0 Å². The quantitative estimate of drug-likeness (QED) is 0.631. The third-order valence-corrected chi connectivity index (χ3v) is 7.05. The van der Waals surface area contributed by atoms with Crippen molar-refractivity contribution in [2.24, 2.45) is 17.3 Å². The fraction of sp³-hybridized carbons (Fsp3) is 0.857. The van der Waals surface area contributed by atoms with E-state index < -0.39 is 5.79 Å². The zero-order valence-electron chi connectivity index (χ0n) is 16.6. The molecule has 0 aromatic heterocycles. The van der Waals surface area contributed by atoms with E-state index in [9.17, 15) is 14.4 Å². The van der Waals surface area contributed by atoms with E-state index in [1.54, 1.807) is 0 Å². The van der Waals surface area contributed by atoms with Crippen molar-refractivity contribution in [1.82, 2.24) is 0 Å². The Balaban J connectivity index is 1.60. The third kappa shape index (κ3) is 3.97. The Hall–Kier alpha value is -1.27. The highest BCUT2D eigenvalue weighted by atomic mass is 16.7. The van der Waals surface area contributed by atoms with Gasteiger partial charge in [0, 0.05) is 43.4 Å². The molecule has 3 fully saturated rings. The molecule has 1 aliphatic heterocycles. The minimum Gasteiger partial charge on any atom is -0.469 e. The van der Waals surface area contributed by atoms with Crippen LogP contribution in [0.3, 0.4) is 0 Å². The number of Topliss-reactive ketones (excluding diaryl/α,β-unsaturated/α-hetero) is 2. The fourth-order valence-electron chi connectivity index (χ4n) is 5.52. The summed E-state index contributed by atoms with van der Waals surface area (Å²) in [4.78, 5) is 36.1. The van der Waals surface area contributed by atoms with E-state index in [2.05, 4.69) is 11.7 Å². The van der Waals surface area contributed by atoms with Crippen LogP contribution in [0.25, 0.3) is 0 Å². The summed E-state index contributed by atoms with van der Waals surface area (Å²) in [5, 5.41) is 0. The van der Waals surface area contributed by atoms with Crippen LogP contribution < -0.4 is 0 Å². The lowest BCUT2D eigenvalue weighted by Crippen LogP contribution is -2.59. The highest BCUT2D eigenvalue weighted by molar-refractivity contribution is 5.84. The van der Waals surface area contributed by atoms with Crippen LogP contribution in [-0.4, -0.2) is 43.6 Å². The second-order valence-electron chi connectivity index (χ2n) is 8.45. The van der Waals surface area contributed by atoms with E-state index in [-0.39, 0.29) is 41.2 Å². The van der Waals surface area contributed by atoms with Crippen LogP contribution in [-0.2, 0) is 28.6 Å². The van der Waals surface area contributed by atoms with Gasteiger partial charge < -0.3 is 14.2 Å². The molecule has 0 aromatic rings. The zero-order valence-corrected chi connectivity index (χ0v) is 16.6. The summed E-state index contributed by atoms with van der Waals surface area (Å²) < 4.78 is 16.8. The molecule has 1 spiro atoms. The molecule has 2 saturated carbocycles. The Bertz CT molecular complexity index is 579. The second-order valence-corrected chi connectivity index (χ2v) is 8.45. The summed E-state index contributed by atoms with van der Waals surface area (Å²) in [5.74, 6) is -0.288. The van der Waals surface area contributed by atoms with Crippen molar-refractivity contribution >= 4 is 17.5 Å². The number of carbonyl (C=O) groups is 3. The molecule has 0 aromatic carbocycles. The summed E-state index contributed by atoms with van der Waals surface area (Å²) in [6.07, 6.45) is 6.39. The molecule has 3 rings (SSSR count). The molecule has 6 nitrogen and oxygen atoms in total. The summed E-state index contributed by atoms with van der Waals surface area (Å²) in [6.45, 7) is 3.47. The van der Waals surface area contributed by atoms with E-state index in [1.807, 2.05) is 0 Å². The molecular weight excluding hydrogens is 348 g/mol. The SMILES string of the molecule is COC(=O)CCCC(=O)CCC1C(=O)CC[C@@]2(C)C1CCCC21OCCO1. The highest BCUT2D eigenvalue weighted by Gasteiger charge is 2.62. The zero-order chi connectivity index (χ0) is 19.5. The van der Waals surface area contributed by atoms with Gasteiger partial charge >= 0.3 is 5.97 Å². The molecule has 3 atom stereocenters. The van der Waals surface area contributed by atoms with Gasteiger partial charge in [-0.1, -0.05) is 6.92 Å². The monoisotopic (exact) mass is 380 g/mol. The van der Waals surface area contributed by atoms with Crippen LogP contribution in [0.4, 0.5) is 0 Å². The molecule has 0 amide bonds. The van der Waals surface area contributed by atoms with E-state index in [0.717, 1.165) is 25.7 Å². The fourth-order valence-corrected chi connectivity index (χ4v) is 5.52. The van der Waals surface area contributed by atoms with Crippen LogP contribution in [0.2, 0.25) is 0 Å². The molecule has 3 aliphatic rings. The van der Waals surface area contributed by atoms with Crippen LogP contribution in [0, 0.1) is 17.3 Å². The maximum atomic E-state index is 12.7. The lowest BCUT2D eigenvalue weighted by Gasteiger charge is -2.56. The van der Waals surface area contributed by atoms with Crippen molar-refractivity contribution in [3.8, 4) is 0 Å². The molecule has 1 saturated heterocycles. The van der Waals surface area contributed by atoms with Crippen LogP contribution >= 0.6 is 0 Å². The average molecular weight is 380 g/mol. The number of ketones is 2. The summed E-state index contributed by atoms with van der Waals surface area (Å²) >= 11 is 0. The van der Waals surface area contributed by atoms with Gasteiger partial charge in [0.15, 0.2) is 5.79 Å². The van der Waals surface area contributed by atoms with Gasteiger partial charge in [-0.2, -0.15) is 0 Å². The lowest BCUT2D eigenvalue weighted by atomic mass is 9.53. The van der Waals surface area contributed by atoms with Gasteiger partial charge in [-0.15, -0.1) is 0 Å². The number of hydrogen-bond donors (Lipinski definition) is 0. The van der Waals surface area contributed by atoms with Gasteiger partial charge in [0.2, 0.25) is 0 Å². The van der Waals surface area contributed by atoms with Gasteiger partial charge in [-0.3, -0.25) is 14.4 Å². The predicted octanol–water partition coefficient (Wildman–Crippen LogP) is 3.21. The highest BCUT2D eigenvalue weighted by Crippen LogP contribution is 2.59. The first-order valence-electron chi connectivity index (χ1n) is 10.3. The first kappa shape index (κ1) is 20.5. The second kappa shape index (κ2) is 8.39. The first-order chi connectivity index (χ1) is 12.9. The largest absolute Gasteiger partial charge is 0.469 e. The van der Waals surface area contributed by atoms with E-state index in [4.69, 9.17) is 9.47 Å². The van der Waals surface area contributed by atoms with Crippen molar-refractivity contribution < 1.29 is 28.6 Å². The van der Waals surface area contributed by atoms with Crippen molar-refractivity contribution in [3.63, 3.8) is 0 Å². The molecule has 0 N–H and O–H groups in total. The standard InChI is InChI=1S/C21H32O6/c1-20-12-10-18(23)16(9-8-15(22)5-3-7-19(24)25-2)17(20)6-4-11-21(20)26-13-14-27-21/h16-17H,3-14H2,1-2H3/t16?,17?,20-/m0/s1. The normalized spacial score (nSPS) is 32.3. The number of carbonyl (C=O) groups excluding carboxylic acids is 3. The Labute approximate surface area is 161 Å². The Morgan fingerprint density at radius 1 is 1.15 bits per heavy atom. The van der Waals surface area contributed by atoms with Crippen LogP contribution in [0.1, 0.15) is 71.1 Å². The molecule has 6 heteroatoms. The Morgan fingerprint density at radius 3 is 2.59 bits per heavy atom. The summed E-state index contributed by atoms with van der Waals surface area (Å²) in [7, 11) is 1.35. The number of rotatable bonds is 7. The van der Waals surface area contributed by atoms with Crippen LogP contribution in [0.15, 0.2) is 0 Å². The minimum absolute atomic E-state index is 0.0849. The Kier molecular flexibility index (Phi) is 6.36. The smallest absolute Gasteiger partial charge is 0.305 e. The minimum atomic E-state index is -0.542. The molecule has 2 aliphatic carbocycles. The van der Waals surface area contributed by atoms with E-state index >= 15 is 0 Å². The van der Waals surface area contributed by atoms with Gasteiger partial charge in [0.1, 0.15) is 11.6 Å². The molecular formula is C21H32O6. The summed E-state index contributed by atoms with van der Waals surface area (Å²) in [6, 6.07) is 0. The van der Waals surface area contributed by atoms with Crippen molar-refractivity contribution in [3.05, 3.63) is 0 Å². The van der Waals surface area contributed by atoms with E-state index in [1.165, 1.54) is 7.11 Å². The van der Waals surface area contributed by atoms with Crippen molar-refractivity contribution in [2.45, 2.75) is 76.9 Å². The predicted molar refractivity (Wildman–Crippen MR) is 97.9 cm³/mol. The number of methoxy groups -OCH3 is 1. The van der Waals surface area contributed by atoms with Crippen molar-refractivity contribution in [2.75, 3.05) is 20.3 Å². The molecule has 152 valence electrons. The van der Waals surface area contributed by atoms with Gasteiger partial charge in [0.05, 0.1) is 20.3 Å². The number of esters is 1. The molecule has 1 heterocycles. The van der Waals surface area contributed by atoms with Gasteiger partial charge in [-0.25, -0.2) is 0 Å². The lowest BCUT2D eigenvalue weighted by molar-refractivity contribution is -0.279. The van der Waals surface area contributed by atoms with Gasteiger partial charge in [-0.05, 0) is 38.0 Å². The molecule has 0 radical (unpaired) electrons. The topological polar surface area (TPSA) is 78.9 Å². The molecule has 27 heavy (non-hydrogen) atoms. The van der Waals surface area contributed by atoms with E-state index in [0.29, 0.717) is 45.3 Å². The Morgan fingerprint density at radius 2 is 1.89 bits per heavy atom. The first-order valence-corrected chi connectivity index (χ1v) is 10.3. The van der Waals surface area contributed by atoms with Gasteiger partial charge in [0.25, 0.3) is 0 Å². The molecule has 2 unspecified atom stereocenters. The van der Waals surface area contributed by atoms with Crippen molar-refractivity contribution in [1.29, 1.82) is 0 Å². The number of fused-ring (bicyclic) bond motifs is 2.